The molecule has 1 saturated carbocycles. The minimum absolute atomic E-state index is 0.218. The van der Waals surface area contributed by atoms with E-state index in [1.807, 2.05) is 12.1 Å². The van der Waals surface area contributed by atoms with Crippen LogP contribution in [-0.2, 0) is 0 Å². The molecule has 166 valence electrons. The van der Waals surface area contributed by atoms with Crippen molar-refractivity contribution < 1.29 is 9.18 Å². The third-order valence-electron chi connectivity index (χ3n) is 6.87. The van der Waals surface area contributed by atoms with Gasteiger partial charge in [-0.15, -0.1) is 0 Å². The maximum Gasteiger partial charge on any atom is 0.267 e. The van der Waals surface area contributed by atoms with Crippen LogP contribution in [0.25, 0.3) is 10.8 Å². The molecular weight excluding hydrogens is 409 g/mol. The van der Waals surface area contributed by atoms with Crippen LogP contribution in [-0.4, -0.2) is 53.0 Å². The Morgan fingerprint density at radius 2 is 1.91 bits per heavy atom. The number of anilines is 1. The number of benzene rings is 1. The molecule has 2 unspecified atom stereocenters. The van der Waals surface area contributed by atoms with Gasteiger partial charge in [-0.25, -0.2) is 9.37 Å². The maximum atomic E-state index is 13.5. The predicted octanol–water partition coefficient (Wildman–Crippen LogP) is 2.62. The van der Waals surface area contributed by atoms with Crippen LogP contribution in [0.4, 0.5) is 10.1 Å². The van der Waals surface area contributed by atoms with E-state index >= 15 is 0 Å². The van der Waals surface area contributed by atoms with Crippen LogP contribution in [0.1, 0.15) is 41.4 Å². The normalized spacial score (nSPS) is 21.8. The molecule has 1 aliphatic heterocycles. The van der Waals surface area contributed by atoms with E-state index in [0.717, 1.165) is 62.2 Å². The van der Waals surface area contributed by atoms with Crippen LogP contribution < -0.4 is 16.2 Å². The van der Waals surface area contributed by atoms with Crippen molar-refractivity contribution in [3.63, 3.8) is 0 Å². The highest BCUT2D eigenvalue weighted by Crippen LogP contribution is 2.37. The number of fused-ring (bicyclic) bond motifs is 1. The number of amides is 1. The summed E-state index contributed by atoms with van der Waals surface area (Å²) in [4.78, 5) is 35.6. The van der Waals surface area contributed by atoms with Gasteiger partial charge in [0, 0.05) is 49.2 Å². The summed E-state index contributed by atoms with van der Waals surface area (Å²) in [6, 6.07) is 10.4. The van der Waals surface area contributed by atoms with E-state index in [-0.39, 0.29) is 11.3 Å². The summed E-state index contributed by atoms with van der Waals surface area (Å²) in [6.45, 7) is 3.72. The lowest BCUT2D eigenvalue weighted by molar-refractivity contribution is 0.0995. The first kappa shape index (κ1) is 20.6. The number of primary amides is 1. The van der Waals surface area contributed by atoms with Gasteiger partial charge in [0.25, 0.3) is 11.5 Å². The Morgan fingerprint density at radius 3 is 2.62 bits per heavy atom. The summed E-state index contributed by atoms with van der Waals surface area (Å²) in [5.74, 6) is -0.599. The third-order valence-corrected chi connectivity index (χ3v) is 6.87. The summed E-state index contributed by atoms with van der Waals surface area (Å²) in [7, 11) is 0. The second-order valence-corrected chi connectivity index (χ2v) is 8.74. The van der Waals surface area contributed by atoms with E-state index in [9.17, 15) is 14.0 Å². The molecule has 3 aromatic rings. The van der Waals surface area contributed by atoms with Crippen LogP contribution in [0, 0.1) is 5.82 Å². The number of aromatic amines is 1. The van der Waals surface area contributed by atoms with Crippen LogP contribution in [0.5, 0.6) is 0 Å². The fourth-order valence-corrected chi connectivity index (χ4v) is 5.11. The zero-order valence-corrected chi connectivity index (χ0v) is 17.8. The van der Waals surface area contributed by atoms with Crippen molar-refractivity contribution in [1.29, 1.82) is 0 Å². The first-order valence-corrected chi connectivity index (χ1v) is 11.1. The highest BCUT2D eigenvalue weighted by molar-refractivity contribution is 5.90. The van der Waals surface area contributed by atoms with Crippen LogP contribution >= 0.6 is 0 Å². The summed E-state index contributed by atoms with van der Waals surface area (Å²) < 4.78 is 13.5. The Balaban J connectivity index is 1.22. The summed E-state index contributed by atoms with van der Waals surface area (Å²) >= 11 is 0. The lowest BCUT2D eigenvalue weighted by Crippen LogP contribution is -2.49. The van der Waals surface area contributed by atoms with Crippen LogP contribution in [0.15, 0.2) is 47.4 Å². The quantitative estimate of drug-likeness (QED) is 0.657. The summed E-state index contributed by atoms with van der Waals surface area (Å²) in [5.41, 5.74) is 7.29. The molecule has 32 heavy (non-hydrogen) atoms. The Hall–Kier alpha value is -3.26. The van der Waals surface area contributed by atoms with E-state index in [1.54, 1.807) is 18.3 Å². The number of nitrogens with two attached hydrogens (primary N) is 1. The molecule has 1 aliphatic carbocycles. The number of H-pyrrole nitrogens is 1. The van der Waals surface area contributed by atoms with Crippen LogP contribution in [0.2, 0.25) is 0 Å². The van der Waals surface area contributed by atoms with Gasteiger partial charge in [0.15, 0.2) is 0 Å². The second-order valence-electron chi connectivity index (χ2n) is 8.74. The molecule has 0 radical (unpaired) electrons. The van der Waals surface area contributed by atoms with Gasteiger partial charge < -0.3 is 15.6 Å². The molecule has 8 heteroatoms. The topological polar surface area (TPSA) is 95.3 Å². The number of rotatable bonds is 4. The molecule has 1 amide bonds. The lowest BCUT2D eigenvalue weighted by Gasteiger charge is -2.39. The number of carbonyl (C=O) groups is 1. The van der Waals surface area contributed by atoms with E-state index in [2.05, 4.69) is 19.8 Å². The average Bonchev–Trinajstić information content (AvgIpc) is 3.30. The summed E-state index contributed by atoms with van der Waals surface area (Å²) in [6.07, 6.45) is 4.86. The number of aromatic nitrogens is 2. The van der Waals surface area contributed by atoms with Gasteiger partial charge in [-0.1, -0.05) is 6.07 Å². The predicted molar refractivity (Wildman–Crippen MR) is 121 cm³/mol. The molecule has 2 aromatic heterocycles. The molecule has 0 bridgehead atoms. The van der Waals surface area contributed by atoms with Gasteiger partial charge in [-0.05, 0) is 55.0 Å². The number of halogens is 1. The van der Waals surface area contributed by atoms with Gasteiger partial charge in [-0.2, -0.15) is 0 Å². The molecule has 1 aromatic carbocycles. The fraction of sp³-hybridized carbons (Fsp3) is 0.375. The van der Waals surface area contributed by atoms with Gasteiger partial charge in [0.05, 0.1) is 11.9 Å². The average molecular weight is 436 g/mol. The smallest absolute Gasteiger partial charge is 0.267 e. The number of nitrogens with zero attached hydrogens (tertiary/aromatic N) is 3. The van der Waals surface area contributed by atoms with Crippen molar-refractivity contribution in [1.82, 2.24) is 14.9 Å². The lowest BCUT2D eigenvalue weighted by atomic mass is 10.0. The van der Waals surface area contributed by atoms with E-state index < -0.39 is 11.7 Å². The second kappa shape index (κ2) is 8.35. The number of carbonyl (C=O) groups excluding carboxylic acids is 1. The van der Waals surface area contributed by atoms with Gasteiger partial charge >= 0.3 is 0 Å². The SMILES string of the molecule is NC(=O)c1ccc(N2CCN(C3CCC(c4cc5ccc(F)cc5c(=O)[nH]4)C3)CC2)cn1. The van der Waals surface area contributed by atoms with Crippen LogP contribution in [0.3, 0.4) is 0 Å². The minimum Gasteiger partial charge on any atom is -0.368 e. The van der Waals surface area contributed by atoms with Gasteiger partial charge in [0.2, 0.25) is 0 Å². The van der Waals surface area contributed by atoms with Crippen molar-refractivity contribution in [2.24, 2.45) is 5.73 Å². The highest BCUT2D eigenvalue weighted by atomic mass is 19.1. The Labute approximate surface area is 185 Å². The molecule has 5 rings (SSSR count). The van der Waals surface area contributed by atoms with Crippen molar-refractivity contribution in [3.8, 4) is 0 Å². The molecule has 3 heterocycles. The van der Waals surface area contributed by atoms with Gasteiger partial charge in [0.1, 0.15) is 11.5 Å². The molecule has 7 nitrogen and oxygen atoms in total. The molecular formula is C24H26FN5O2. The zero-order valence-electron chi connectivity index (χ0n) is 17.8. The zero-order chi connectivity index (χ0) is 22.2. The fourth-order valence-electron chi connectivity index (χ4n) is 5.11. The van der Waals surface area contributed by atoms with Crippen molar-refractivity contribution in [2.45, 2.75) is 31.2 Å². The number of hydrogen-bond acceptors (Lipinski definition) is 5. The van der Waals surface area contributed by atoms with Crippen molar-refractivity contribution in [3.05, 3.63) is 70.2 Å². The number of pyridine rings is 2. The largest absolute Gasteiger partial charge is 0.368 e. The molecule has 3 N–H and O–H groups in total. The molecule has 0 spiro atoms. The maximum absolute atomic E-state index is 13.5. The van der Waals surface area contributed by atoms with E-state index in [0.29, 0.717) is 17.3 Å². The van der Waals surface area contributed by atoms with E-state index in [4.69, 9.17) is 5.73 Å². The Morgan fingerprint density at radius 1 is 1.09 bits per heavy atom. The number of piperazine rings is 1. The Bertz CT molecular complexity index is 1200. The first-order valence-electron chi connectivity index (χ1n) is 11.1. The molecule has 2 aliphatic rings. The highest BCUT2D eigenvalue weighted by Gasteiger charge is 2.32. The standard InChI is InChI=1S/C24H26FN5O2/c25-17-3-1-15-12-22(28-24(32)20(15)13-17)16-2-4-18(11-16)29-7-9-30(10-8-29)19-5-6-21(23(26)31)27-14-19/h1,3,5-6,12-14,16,18H,2,4,7-11H2,(H2,26,31)(H,28,32). The monoisotopic (exact) mass is 435 g/mol. The minimum atomic E-state index is -0.517. The van der Waals surface area contributed by atoms with E-state index in [1.165, 1.54) is 12.1 Å². The number of nitrogens with one attached hydrogen (secondary N) is 1. The first-order chi connectivity index (χ1) is 15.5. The molecule has 2 fully saturated rings. The molecule has 1 saturated heterocycles. The molecule has 2 atom stereocenters. The Kier molecular flexibility index (Phi) is 5.38. The number of hydrogen-bond donors (Lipinski definition) is 2. The van der Waals surface area contributed by atoms with Gasteiger partial charge in [-0.3, -0.25) is 14.5 Å². The third kappa shape index (κ3) is 3.98. The van der Waals surface area contributed by atoms with Crippen molar-refractivity contribution in [2.75, 3.05) is 31.1 Å². The van der Waals surface area contributed by atoms with Crippen molar-refractivity contribution >= 4 is 22.4 Å². The summed E-state index contributed by atoms with van der Waals surface area (Å²) in [5, 5.41) is 1.19.